The predicted molar refractivity (Wildman–Crippen MR) is 232 cm³/mol. The van der Waals surface area contributed by atoms with Crippen LogP contribution in [0.3, 0.4) is 0 Å². The van der Waals surface area contributed by atoms with Gasteiger partial charge in [0.1, 0.15) is 29.8 Å². The molecule has 0 aliphatic carbocycles. The number of carbonyl (C=O) groups is 4. The Labute approximate surface area is 356 Å². The molecule has 0 radical (unpaired) electrons. The fourth-order valence-electron chi connectivity index (χ4n) is 9.03. The highest BCUT2D eigenvalue weighted by Gasteiger charge is 2.40. The summed E-state index contributed by atoms with van der Waals surface area (Å²) in [7, 11) is 2.61. The molecule has 4 atom stereocenters. The van der Waals surface area contributed by atoms with E-state index < -0.39 is 30.3 Å². The minimum atomic E-state index is -0.725. The van der Waals surface area contributed by atoms with Crippen molar-refractivity contribution in [1.29, 1.82) is 0 Å². The van der Waals surface area contributed by atoms with Crippen LogP contribution in [-0.4, -0.2) is 106 Å². The first-order chi connectivity index (χ1) is 29.6. The molecule has 5 aromatic rings. The number of aromatic amines is 2. The highest BCUT2D eigenvalue weighted by atomic mass is 16.5. The number of imidazole rings is 2. The van der Waals surface area contributed by atoms with Crippen molar-refractivity contribution in [2.75, 3.05) is 40.5 Å². The largest absolute Gasteiger partial charge is 0.453 e. The van der Waals surface area contributed by atoms with E-state index in [9.17, 15) is 19.2 Å². The first-order valence-electron chi connectivity index (χ1n) is 21.6. The molecule has 2 aliphatic heterocycles. The van der Waals surface area contributed by atoms with Gasteiger partial charge in [0, 0.05) is 18.7 Å². The first kappa shape index (κ1) is 43.1. The molecule has 0 saturated carbocycles. The summed E-state index contributed by atoms with van der Waals surface area (Å²) in [6.07, 6.45) is 5.17. The molecule has 7 rings (SSSR count). The summed E-state index contributed by atoms with van der Waals surface area (Å²) < 4.78 is 15.6. The van der Waals surface area contributed by atoms with Crippen LogP contribution in [0.5, 0.6) is 0 Å². The molecule has 4 unspecified atom stereocenters. The van der Waals surface area contributed by atoms with Crippen LogP contribution in [0.15, 0.2) is 60.8 Å². The van der Waals surface area contributed by atoms with E-state index >= 15 is 0 Å². The standard InChI is InChI=1S/C46H58N8O7/c1-7-27(8-2)39(51-45(57)59-5)43(55)53-19-11-12-37(53)41-47-25-36(50-41)33-16-15-29-22-30(13-14-31(29)23-33)32-17-18-34-35(24-32)49-42(48-34)38-26-61-21-20-54(38)44(56)40(28(9-3)10-4)52-46(58)60-6/h13-18,22-25,27-28,37-40H,7-12,19-21,26H2,1-6H3,(H,47,50)(H,48,49)(H,51,57)(H,52,58). The number of hydrogen-bond donors (Lipinski definition) is 4. The Balaban J connectivity index is 1.08. The number of morpholine rings is 1. The molecule has 15 heteroatoms. The smallest absolute Gasteiger partial charge is 0.407 e. The number of nitrogens with one attached hydrogen (secondary N) is 4. The van der Waals surface area contributed by atoms with Crippen LogP contribution in [0.2, 0.25) is 0 Å². The lowest BCUT2D eigenvalue weighted by atomic mass is 9.92. The van der Waals surface area contributed by atoms with E-state index in [-0.39, 0.29) is 36.3 Å². The number of H-pyrrole nitrogens is 2. The number of nitrogens with zero attached hydrogens (tertiary/aromatic N) is 4. The molecule has 61 heavy (non-hydrogen) atoms. The highest BCUT2D eigenvalue weighted by molar-refractivity contribution is 5.92. The van der Waals surface area contributed by atoms with Gasteiger partial charge in [-0.15, -0.1) is 0 Å². The van der Waals surface area contributed by atoms with E-state index in [1.807, 2.05) is 50.9 Å². The van der Waals surface area contributed by atoms with E-state index in [1.165, 1.54) is 14.2 Å². The van der Waals surface area contributed by atoms with Gasteiger partial charge >= 0.3 is 12.2 Å². The SMILES string of the molecule is CCC(CC)C(NC(=O)OC)C(=O)N1CCCC1c1ncc(-c2ccc3cc(-c4ccc5nc(C6COCCN6C(=O)C(NC(=O)OC)C(CC)CC)[nH]c5c4)ccc3c2)[nH]1. The number of methoxy groups -OCH3 is 2. The number of alkyl carbamates (subject to hydrolysis) is 2. The van der Waals surface area contributed by atoms with Gasteiger partial charge in [-0.1, -0.05) is 83.7 Å². The third-order valence-corrected chi connectivity index (χ3v) is 12.6. The van der Waals surface area contributed by atoms with Gasteiger partial charge < -0.3 is 44.6 Å². The molecule has 15 nitrogen and oxygen atoms in total. The van der Waals surface area contributed by atoms with Crippen LogP contribution < -0.4 is 10.6 Å². The fraction of sp³-hybridized carbons (Fsp3) is 0.478. The number of rotatable bonds is 14. The Morgan fingerprint density at radius 1 is 0.738 bits per heavy atom. The van der Waals surface area contributed by atoms with E-state index in [4.69, 9.17) is 24.2 Å². The molecule has 324 valence electrons. The van der Waals surface area contributed by atoms with Crippen molar-refractivity contribution in [2.24, 2.45) is 11.8 Å². The topological polar surface area (TPSA) is 184 Å². The van der Waals surface area contributed by atoms with Crippen LogP contribution in [0.25, 0.3) is 44.2 Å². The van der Waals surface area contributed by atoms with E-state index in [1.54, 1.807) is 4.90 Å². The van der Waals surface area contributed by atoms with Crippen LogP contribution >= 0.6 is 0 Å². The molecule has 2 aromatic heterocycles. The molecule has 2 aliphatic rings. The van der Waals surface area contributed by atoms with E-state index in [0.29, 0.717) is 25.5 Å². The summed E-state index contributed by atoms with van der Waals surface area (Å²) in [5, 5.41) is 7.74. The predicted octanol–water partition coefficient (Wildman–Crippen LogP) is 7.66. The average Bonchev–Trinajstić information content (AvgIpc) is 4.08. The lowest BCUT2D eigenvalue weighted by molar-refractivity contribution is -0.144. The highest BCUT2D eigenvalue weighted by Crippen LogP contribution is 2.35. The first-order valence-corrected chi connectivity index (χ1v) is 21.6. The minimum absolute atomic E-state index is 0.0105. The fourth-order valence-corrected chi connectivity index (χ4v) is 9.03. The van der Waals surface area contributed by atoms with Crippen LogP contribution in [0.1, 0.15) is 90.0 Å². The summed E-state index contributed by atoms with van der Waals surface area (Å²) in [4.78, 5) is 72.7. The summed E-state index contributed by atoms with van der Waals surface area (Å²) in [6, 6.07) is 16.7. The molecule has 2 saturated heterocycles. The van der Waals surface area contributed by atoms with Gasteiger partial charge in [-0.25, -0.2) is 19.6 Å². The Morgan fingerprint density at radius 3 is 1.93 bits per heavy atom. The zero-order valence-electron chi connectivity index (χ0n) is 36.0. The maximum atomic E-state index is 14.1. The molecule has 4 amide bonds. The second-order valence-corrected chi connectivity index (χ2v) is 16.0. The van der Waals surface area contributed by atoms with Gasteiger partial charge in [0.05, 0.1) is 56.4 Å². The minimum Gasteiger partial charge on any atom is -0.453 e. The lowest BCUT2D eigenvalue weighted by Crippen LogP contribution is -2.55. The van der Waals surface area contributed by atoms with Gasteiger partial charge in [0.2, 0.25) is 11.8 Å². The number of amides is 4. The molecule has 2 fully saturated rings. The quantitative estimate of drug-likeness (QED) is 0.0873. The number of carbonyl (C=O) groups excluding carboxylic acids is 4. The molecular weight excluding hydrogens is 777 g/mol. The van der Waals surface area contributed by atoms with E-state index in [2.05, 4.69) is 63.1 Å². The van der Waals surface area contributed by atoms with Crippen LogP contribution in [0, 0.1) is 11.8 Å². The molecule has 4 heterocycles. The Hall–Kier alpha value is -5.96. The number of likely N-dealkylation sites (tertiary alicyclic amines) is 1. The molecule has 0 spiro atoms. The van der Waals surface area contributed by atoms with Crippen LogP contribution in [0.4, 0.5) is 9.59 Å². The van der Waals surface area contributed by atoms with Crippen molar-refractivity contribution >= 4 is 45.8 Å². The second kappa shape index (κ2) is 19.2. The molecule has 4 N–H and O–H groups in total. The molecular formula is C46H58N8O7. The van der Waals surface area contributed by atoms with Crippen molar-refractivity contribution < 1.29 is 33.4 Å². The van der Waals surface area contributed by atoms with Gasteiger partial charge in [-0.05, 0) is 70.8 Å². The van der Waals surface area contributed by atoms with Crippen molar-refractivity contribution in [3.63, 3.8) is 0 Å². The van der Waals surface area contributed by atoms with Gasteiger partial charge in [-0.2, -0.15) is 0 Å². The maximum absolute atomic E-state index is 14.1. The monoisotopic (exact) mass is 834 g/mol. The molecule has 0 bridgehead atoms. The zero-order chi connectivity index (χ0) is 43.2. The maximum Gasteiger partial charge on any atom is 0.407 e. The summed E-state index contributed by atoms with van der Waals surface area (Å²) in [5.74, 6) is 1.01. The number of aromatic nitrogens is 4. The average molecular weight is 835 g/mol. The number of fused-ring (bicyclic) bond motifs is 2. The van der Waals surface area contributed by atoms with E-state index in [0.717, 1.165) is 88.5 Å². The Kier molecular flexibility index (Phi) is 13.6. The third kappa shape index (κ3) is 9.07. The third-order valence-electron chi connectivity index (χ3n) is 12.6. The van der Waals surface area contributed by atoms with Crippen molar-refractivity contribution in [3.8, 4) is 22.4 Å². The number of ether oxygens (including phenoxy) is 3. The summed E-state index contributed by atoms with van der Waals surface area (Å²) in [6.45, 7) is 9.74. The Morgan fingerprint density at radius 2 is 1.31 bits per heavy atom. The summed E-state index contributed by atoms with van der Waals surface area (Å²) >= 11 is 0. The van der Waals surface area contributed by atoms with Crippen molar-refractivity contribution in [1.82, 2.24) is 40.4 Å². The van der Waals surface area contributed by atoms with Crippen molar-refractivity contribution in [2.45, 2.75) is 90.4 Å². The second-order valence-electron chi connectivity index (χ2n) is 16.0. The lowest BCUT2D eigenvalue weighted by Gasteiger charge is -2.38. The molecule has 3 aromatic carbocycles. The van der Waals surface area contributed by atoms with Gasteiger partial charge in [-0.3, -0.25) is 9.59 Å². The van der Waals surface area contributed by atoms with Crippen molar-refractivity contribution in [3.05, 3.63) is 72.4 Å². The Bertz CT molecular complexity index is 2350. The van der Waals surface area contributed by atoms with Gasteiger partial charge in [0.15, 0.2) is 0 Å². The summed E-state index contributed by atoms with van der Waals surface area (Å²) in [5.41, 5.74) is 5.52. The zero-order valence-corrected chi connectivity index (χ0v) is 36.0. The van der Waals surface area contributed by atoms with Gasteiger partial charge in [0.25, 0.3) is 0 Å². The number of benzene rings is 3. The van der Waals surface area contributed by atoms with Crippen LogP contribution in [-0.2, 0) is 23.8 Å². The number of hydrogen-bond acceptors (Lipinski definition) is 9. The normalized spacial score (nSPS) is 17.8.